The second-order valence-electron chi connectivity index (χ2n) is 2.86. The number of pyridine rings is 1. The van der Waals surface area contributed by atoms with Gasteiger partial charge in [-0.3, -0.25) is 0 Å². The quantitative estimate of drug-likeness (QED) is 0.915. The van der Waals surface area contributed by atoms with Crippen molar-refractivity contribution in [1.29, 1.82) is 0 Å². The van der Waals surface area contributed by atoms with Crippen LogP contribution < -0.4 is 14.8 Å². The van der Waals surface area contributed by atoms with E-state index in [0.717, 1.165) is 0 Å². The van der Waals surface area contributed by atoms with Crippen LogP contribution in [0.5, 0.6) is 11.8 Å². The molecule has 0 aliphatic rings. The van der Waals surface area contributed by atoms with Gasteiger partial charge in [0.25, 0.3) is 0 Å². The van der Waals surface area contributed by atoms with Gasteiger partial charge in [-0.05, 0) is 6.07 Å². The molecule has 17 heavy (non-hydrogen) atoms. The average molecular weight is 273 g/mol. The normalized spacial score (nSPS) is 10.4. The Morgan fingerprint density at radius 3 is 2.47 bits per heavy atom. The molecule has 0 saturated heterocycles. The predicted octanol–water partition coefficient (Wildman–Crippen LogP) is 2.49. The summed E-state index contributed by atoms with van der Waals surface area (Å²) in [5.41, 5.74) is 0.571. The minimum absolute atomic E-state index is 0. The van der Waals surface area contributed by atoms with Gasteiger partial charge in [0.15, 0.2) is 6.61 Å². The van der Waals surface area contributed by atoms with Crippen molar-refractivity contribution >= 4 is 18.1 Å². The number of nitrogens with one attached hydrogen (secondary N) is 1. The lowest BCUT2D eigenvalue weighted by Gasteiger charge is -2.11. The second kappa shape index (κ2) is 6.39. The third-order valence-electron chi connectivity index (χ3n) is 1.68. The highest BCUT2D eigenvalue weighted by molar-refractivity contribution is 5.85. The van der Waals surface area contributed by atoms with Gasteiger partial charge in [-0.1, -0.05) is 0 Å². The number of hydrogen-bond acceptors (Lipinski definition) is 4. The van der Waals surface area contributed by atoms with Crippen molar-refractivity contribution in [3.8, 4) is 11.8 Å². The van der Waals surface area contributed by atoms with Crippen LogP contribution >= 0.6 is 12.4 Å². The summed E-state index contributed by atoms with van der Waals surface area (Å²) < 4.78 is 45.0. The summed E-state index contributed by atoms with van der Waals surface area (Å²) in [7, 11) is 3.02. The van der Waals surface area contributed by atoms with Crippen LogP contribution in [0.1, 0.15) is 0 Å². The van der Waals surface area contributed by atoms with E-state index in [4.69, 9.17) is 4.74 Å². The topological polar surface area (TPSA) is 43.4 Å². The van der Waals surface area contributed by atoms with E-state index < -0.39 is 12.8 Å². The summed E-state index contributed by atoms with van der Waals surface area (Å²) >= 11 is 0. The van der Waals surface area contributed by atoms with Crippen LogP contribution in [0.4, 0.5) is 18.9 Å². The van der Waals surface area contributed by atoms with Crippen LogP contribution in [0.3, 0.4) is 0 Å². The molecule has 1 N–H and O–H groups in total. The third-order valence-corrected chi connectivity index (χ3v) is 1.68. The molecule has 0 bridgehead atoms. The summed E-state index contributed by atoms with van der Waals surface area (Å²) in [5.74, 6) is 0.0512. The van der Waals surface area contributed by atoms with Crippen LogP contribution in [0.15, 0.2) is 12.1 Å². The highest BCUT2D eigenvalue weighted by Crippen LogP contribution is 2.25. The van der Waals surface area contributed by atoms with E-state index in [2.05, 4.69) is 15.0 Å². The number of rotatable bonds is 4. The minimum Gasteiger partial charge on any atom is -0.479 e. The monoisotopic (exact) mass is 272 g/mol. The fourth-order valence-electron chi connectivity index (χ4n) is 1.01. The number of halogens is 4. The van der Waals surface area contributed by atoms with E-state index in [1.807, 2.05) is 0 Å². The van der Waals surface area contributed by atoms with E-state index in [1.165, 1.54) is 19.2 Å². The van der Waals surface area contributed by atoms with Crippen LogP contribution in [0.25, 0.3) is 0 Å². The maximum atomic E-state index is 11.9. The van der Waals surface area contributed by atoms with Crippen molar-refractivity contribution in [2.24, 2.45) is 0 Å². The largest absolute Gasteiger partial charge is 0.479 e. The summed E-state index contributed by atoms with van der Waals surface area (Å²) in [5, 5.41) is 2.78. The van der Waals surface area contributed by atoms with Crippen molar-refractivity contribution in [1.82, 2.24) is 4.98 Å². The standard InChI is InChI=1S/C9H11F3N2O2.ClH/c1-13-6-3-4-7(14-8(6)15-2)16-5-9(10,11)12;/h3-4,13H,5H2,1-2H3;1H. The molecule has 0 atom stereocenters. The van der Waals surface area contributed by atoms with Crippen LogP contribution in [-0.4, -0.2) is 31.9 Å². The molecule has 0 unspecified atom stereocenters. The lowest BCUT2D eigenvalue weighted by molar-refractivity contribution is -0.154. The van der Waals surface area contributed by atoms with E-state index in [1.54, 1.807) is 7.05 Å². The molecule has 1 rings (SSSR count). The fourth-order valence-corrected chi connectivity index (χ4v) is 1.01. The number of methoxy groups -OCH3 is 1. The highest BCUT2D eigenvalue weighted by atomic mass is 35.5. The Labute approximate surface area is 103 Å². The van der Waals surface area contributed by atoms with Gasteiger partial charge in [0.2, 0.25) is 11.8 Å². The van der Waals surface area contributed by atoms with Gasteiger partial charge in [-0.25, -0.2) is 0 Å². The van der Waals surface area contributed by atoms with Gasteiger partial charge >= 0.3 is 6.18 Å². The number of nitrogens with zero attached hydrogens (tertiary/aromatic N) is 1. The molecule has 1 heterocycles. The highest BCUT2D eigenvalue weighted by Gasteiger charge is 2.28. The first-order valence-electron chi connectivity index (χ1n) is 4.38. The van der Waals surface area contributed by atoms with Gasteiger partial charge in [0.1, 0.15) is 0 Å². The maximum Gasteiger partial charge on any atom is 0.422 e. The average Bonchev–Trinajstić information content (AvgIpc) is 2.25. The summed E-state index contributed by atoms with van der Waals surface area (Å²) in [4.78, 5) is 3.76. The Morgan fingerprint density at radius 1 is 1.35 bits per heavy atom. The van der Waals surface area contributed by atoms with Gasteiger partial charge < -0.3 is 14.8 Å². The molecule has 0 amide bonds. The Balaban J connectivity index is 0.00000256. The van der Waals surface area contributed by atoms with Gasteiger partial charge in [0, 0.05) is 13.1 Å². The van der Waals surface area contributed by atoms with Crippen LogP contribution in [0, 0.1) is 0 Å². The maximum absolute atomic E-state index is 11.9. The predicted molar refractivity (Wildman–Crippen MR) is 59.1 cm³/mol. The van der Waals surface area contributed by atoms with Crippen molar-refractivity contribution < 1.29 is 22.6 Å². The molecular weight excluding hydrogens is 261 g/mol. The zero-order valence-corrected chi connectivity index (χ0v) is 9.98. The van der Waals surface area contributed by atoms with Gasteiger partial charge in [-0.15, -0.1) is 12.4 Å². The first-order valence-corrected chi connectivity index (χ1v) is 4.38. The molecule has 0 aliphatic carbocycles. The first-order chi connectivity index (χ1) is 7.46. The van der Waals surface area contributed by atoms with Crippen molar-refractivity contribution in [3.63, 3.8) is 0 Å². The first kappa shape index (κ1) is 15.6. The molecule has 0 saturated carbocycles. The molecule has 0 fully saturated rings. The molecule has 0 aliphatic heterocycles. The van der Waals surface area contributed by atoms with Crippen molar-refractivity contribution in [2.45, 2.75) is 6.18 Å². The van der Waals surface area contributed by atoms with Crippen LogP contribution in [-0.2, 0) is 0 Å². The van der Waals surface area contributed by atoms with Crippen LogP contribution in [0.2, 0.25) is 0 Å². The van der Waals surface area contributed by atoms with E-state index >= 15 is 0 Å². The zero-order chi connectivity index (χ0) is 12.2. The fraction of sp³-hybridized carbons (Fsp3) is 0.444. The summed E-state index contributed by atoms with van der Waals surface area (Å²) in [6, 6.07) is 2.86. The summed E-state index contributed by atoms with van der Waals surface area (Å²) in [6.45, 7) is -1.37. The molecule has 98 valence electrons. The molecule has 1 aromatic heterocycles. The van der Waals surface area contributed by atoms with Gasteiger partial charge in [-0.2, -0.15) is 18.2 Å². The van der Waals surface area contributed by atoms with E-state index in [-0.39, 0.29) is 24.2 Å². The lowest BCUT2D eigenvalue weighted by Crippen LogP contribution is -2.19. The SMILES string of the molecule is CNc1ccc(OCC(F)(F)F)nc1OC.Cl. The number of hydrogen-bond donors (Lipinski definition) is 1. The second-order valence-corrected chi connectivity index (χ2v) is 2.86. The Bertz CT molecular complexity index is 361. The van der Waals surface area contributed by atoms with E-state index in [0.29, 0.717) is 5.69 Å². The molecule has 4 nitrogen and oxygen atoms in total. The Kier molecular flexibility index (Phi) is 5.87. The number of aromatic nitrogens is 1. The lowest BCUT2D eigenvalue weighted by atomic mass is 10.4. The number of anilines is 1. The molecule has 8 heteroatoms. The molecular formula is C9H12ClF3N2O2. The summed E-state index contributed by atoms with van der Waals surface area (Å²) in [6.07, 6.45) is -4.38. The van der Waals surface area contributed by atoms with Crippen molar-refractivity contribution in [3.05, 3.63) is 12.1 Å². The minimum atomic E-state index is -4.38. The Hall–Kier alpha value is -1.37. The Morgan fingerprint density at radius 2 is 2.00 bits per heavy atom. The number of ether oxygens (including phenoxy) is 2. The third kappa shape index (κ3) is 4.99. The molecule has 0 aromatic carbocycles. The van der Waals surface area contributed by atoms with E-state index in [9.17, 15) is 13.2 Å². The zero-order valence-electron chi connectivity index (χ0n) is 9.17. The molecule has 1 aromatic rings. The smallest absolute Gasteiger partial charge is 0.422 e. The van der Waals surface area contributed by atoms with Gasteiger partial charge in [0.05, 0.1) is 12.8 Å². The molecule has 0 spiro atoms. The van der Waals surface area contributed by atoms with Crippen molar-refractivity contribution in [2.75, 3.05) is 26.1 Å². The number of alkyl halides is 3. The molecule has 0 radical (unpaired) electrons.